The second-order valence-corrected chi connectivity index (χ2v) is 7.57. The highest BCUT2D eigenvalue weighted by molar-refractivity contribution is 7.84. The Morgan fingerprint density at radius 3 is 2.20 bits per heavy atom. The first kappa shape index (κ1) is 19.9. The molecule has 25 heavy (non-hydrogen) atoms. The van der Waals surface area contributed by atoms with Gasteiger partial charge in [-0.3, -0.25) is 18.8 Å². The van der Waals surface area contributed by atoms with Crippen molar-refractivity contribution in [3.05, 3.63) is 29.8 Å². The first-order chi connectivity index (χ1) is 11.7. The fraction of sp³-hybridized carbons (Fsp3) is 0.562. The number of carbonyl (C=O) groups excluding carboxylic acids is 1. The minimum atomic E-state index is -4.38. The van der Waals surface area contributed by atoms with Crippen LogP contribution in [0.5, 0.6) is 0 Å². The summed E-state index contributed by atoms with van der Waals surface area (Å²) in [5.41, 5.74) is -0.392. The molecular weight excluding hydrogens is 355 g/mol. The van der Waals surface area contributed by atoms with E-state index >= 15 is 0 Å². The molecule has 1 fully saturated rings. The summed E-state index contributed by atoms with van der Waals surface area (Å²) in [6.07, 6.45) is -2.70. The van der Waals surface area contributed by atoms with Gasteiger partial charge in [0, 0.05) is 61.2 Å². The summed E-state index contributed by atoms with van der Waals surface area (Å²) >= 11 is 0. The van der Waals surface area contributed by atoms with Crippen LogP contribution in [0, 0.1) is 0 Å². The number of amides is 1. The Hall–Kier alpha value is -1.45. The van der Waals surface area contributed by atoms with Crippen LogP contribution in [-0.2, 0) is 21.8 Å². The molecule has 9 heteroatoms. The van der Waals surface area contributed by atoms with Gasteiger partial charge in [0.1, 0.15) is 0 Å². The van der Waals surface area contributed by atoms with E-state index in [0.29, 0.717) is 11.4 Å². The number of rotatable bonds is 6. The lowest BCUT2D eigenvalue weighted by molar-refractivity contribution is -0.137. The number of benzene rings is 1. The number of hydrogen-bond donors (Lipinski definition) is 1. The van der Waals surface area contributed by atoms with E-state index < -0.39 is 22.5 Å². The van der Waals surface area contributed by atoms with Crippen molar-refractivity contribution in [1.82, 2.24) is 9.80 Å². The fourth-order valence-electron chi connectivity index (χ4n) is 2.57. The maximum atomic E-state index is 12.5. The average Bonchev–Trinajstić information content (AvgIpc) is 2.53. The molecule has 0 unspecified atom stereocenters. The molecule has 1 aromatic carbocycles. The molecule has 1 atom stereocenters. The molecule has 0 aromatic heterocycles. The zero-order valence-corrected chi connectivity index (χ0v) is 14.8. The Morgan fingerprint density at radius 2 is 1.68 bits per heavy atom. The second kappa shape index (κ2) is 8.77. The molecule has 5 nitrogen and oxygen atoms in total. The Kier molecular flexibility index (Phi) is 6.97. The first-order valence-electron chi connectivity index (χ1n) is 7.96. The van der Waals surface area contributed by atoms with Gasteiger partial charge in [-0.05, 0) is 24.3 Å². The van der Waals surface area contributed by atoms with E-state index in [1.165, 1.54) is 12.1 Å². The van der Waals surface area contributed by atoms with Crippen molar-refractivity contribution in [2.45, 2.75) is 6.18 Å². The number of nitrogens with zero attached hydrogens (tertiary/aromatic N) is 2. The molecular formula is C16H22F3N3O2S. The Bertz CT molecular complexity index is 600. The molecule has 0 spiro atoms. The number of carbonyl (C=O) groups is 1. The van der Waals surface area contributed by atoms with Gasteiger partial charge in [-0.2, -0.15) is 13.2 Å². The van der Waals surface area contributed by atoms with Crippen LogP contribution in [0.1, 0.15) is 5.56 Å². The first-order valence-corrected chi connectivity index (χ1v) is 9.68. The van der Waals surface area contributed by atoms with E-state index in [-0.39, 0.29) is 12.5 Å². The maximum Gasteiger partial charge on any atom is 0.416 e. The Balaban J connectivity index is 1.75. The molecule has 0 saturated carbocycles. The summed E-state index contributed by atoms with van der Waals surface area (Å²) in [7, 11) is -0.805. The van der Waals surface area contributed by atoms with Crippen LogP contribution in [0.3, 0.4) is 0 Å². The van der Waals surface area contributed by atoms with E-state index in [1.807, 2.05) is 4.90 Å². The van der Waals surface area contributed by atoms with Crippen molar-refractivity contribution in [2.24, 2.45) is 0 Å². The predicted octanol–water partition coefficient (Wildman–Crippen LogP) is 1.64. The van der Waals surface area contributed by atoms with E-state index in [0.717, 1.165) is 44.9 Å². The van der Waals surface area contributed by atoms with Crippen LogP contribution in [0.2, 0.25) is 0 Å². The number of hydrogen-bond acceptors (Lipinski definition) is 4. The number of alkyl halides is 3. The normalized spacial score (nSPS) is 18.1. The van der Waals surface area contributed by atoms with Crippen molar-refractivity contribution in [3.63, 3.8) is 0 Å². The lowest BCUT2D eigenvalue weighted by Crippen LogP contribution is -2.49. The summed E-state index contributed by atoms with van der Waals surface area (Å²) in [5.74, 6) is 0.400. The van der Waals surface area contributed by atoms with Crippen LogP contribution in [0.15, 0.2) is 24.3 Å². The van der Waals surface area contributed by atoms with Crippen LogP contribution in [-0.4, -0.2) is 71.2 Å². The average molecular weight is 377 g/mol. The summed E-state index contributed by atoms with van der Waals surface area (Å²) in [5, 5.41) is 2.62. The molecule has 1 saturated heterocycles. The molecule has 0 radical (unpaired) electrons. The molecule has 2 rings (SSSR count). The van der Waals surface area contributed by atoms with Crippen LogP contribution in [0.4, 0.5) is 18.9 Å². The summed E-state index contributed by atoms with van der Waals surface area (Å²) in [4.78, 5) is 16.2. The Labute approximate surface area is 147 Å². The molecule has 1 aliphatic heterocycles. The summed E-state index contributed by atoms with van der Waals surface area (Å²) < 4.78 is 48.6. The van der Waals surface area contributed by atoms with Gasteiger partial charge in [0.2, 0.25) is 5.91 Å². The topological polar surface area (TPSA) is 52.7 Å². The third kappa shape index (κ3) is 6.75. The minimum Gasteiger partial charge on any atom is -0.325 e. The highest BCUT2D eigenvalue weighted by Crippen LogP contribution is 2.29. The van der Waals surface area contributed by atoms with E-state index in [4.69, 9.17) is 0 Å². The smallest absolute Gasteiger partial charge is 0.325 e. The molecule has 1 aliphatic rings. The third-order valence-electron chi connectivity index (χ3n) is 4.02. The van der Waals surface area contributed by atoms with Crippen molar-refractivity contribution < 1.29 is 22.2 Å². The highest BCUT2D eigenvalue weighted by Gasteiger charge is 2.30. The molecule has 1 N–H and O–H groups in total. The fourth-order valence-corrected chi connectivity index (χ4v) is 3.09. The second-order valence-electron chi connectivity index (χ2n) is 6.02. The van der Waals surface area contributed by atoms with Gasteiger partial charge in [0.15, 0.2) is 0 Å². The van der Waals surface area contributed by atoms with Crippen LogP contribution < -0.4 is 5.32 Å². The molecule has 1 aromatic rings. The molecule has 1 amide bonds. The van der Waals surface area contributed by atoms with Crippen molar-refractivity contribution >= 4 is 22.4 Å². The van der Waals surface area contributed by atoms with Gasteiger partial charge in [0.05, 0.1) is 12.1 Å². The SMILES string of the molecule is C[S@@](=O)CCN1CCN(CC(=O)Nc2ccc(C(F)(F)F)cc2)CC1. The molecule has 1 heterocycles. The van der Waals surface area contributed by atoms with Gasteiger partial charge in [-0.1, -0.05) is 0 Å². The predicted molar refractivity (Wildman–Crippen MR) is 91.9 cm³/mol. The van der Waals surface area contributed by atoms with Gasteiger partial charge < -0.3 is 5.32 Å². The number of anilines is 1. The number of nitrogens with one attached hydrogen (secondary N) is 1. The standard InChI is InChI=1S/C16H22F3N3O2S/c1-25(24)11-10-21-6-8-22(9-7-21)12-15(23)20-14-4-2-13(3-5-14)16(17,18)19/h2-5H,6-12H2,1H3,(H,20,23)/t25-/m1/s1. The number of piperazine rings is 1. The third-order valence-corrected chi connectivity index (χ3v) is 4.78. The summed E-state index contributed by atoms with van der Waals surface area (Å²) in [6.45, 7) is 4.08. The van der Waals surface area contributed by atoms with E-state index in [1.54, 1.807) is 6.26 Å². The maximum absolute atomic E-state index is 12.5. The van der Waals surface area contributed by atoms with Crippen LogP contribution in [0.25, 0.3) is 0 Å². The highest BCUT2D eigenvalue weighted by atomic mass is 32.2. The number of halogens is 3. The van der Waals surface area contributed by atoms with Crippen LogP contribution >= 0.6 is 0 Å². The zero-order valence-electron chi connectivity index (χ0n) is 14.0. The minimum absolute atomic E-state index is 0.203. The lowest BCUT2D eigenvalue weighted by atomic mass is 10.2. The van der Waals surface area contributed by atoms with Gasteiger partial charge in [0.25, 0.3) is 0 Å². The van der Waals surface area contributed by atoms with E-state index in [9.17, 15) is 22.2 Å². The van der Waals surface area contributed by atoms with Crippen molar-refractivity contribution in [3.8, 4) is 0 Å². The van der Waals surface area contributed by atoms with Gasteiger partial charge >= 0.3 is 6.18 Å². The summed E-state index contributed by atoms with van der Waals surface area (Å²) in [6, 6.07) is 4.41. The Morgan fingerprint density at radius 1 is 1.12 bits per heavy atom. The quantitative estimate of drug-likeness (QED) is 0.819. The largest absolute Gasteiger partial charge is 0.416 e. The zero-order chi connectivity index (χ0) is 18.4. The lowest BCUT2D eigenvalue weighted by Gasteiger charge is -2.34. The molecule has 140 valence electrons. The van der Waals surface area contributed by atoms with Crippen molar-refractivity contribution in [2.75, 3.05) is 56.6 Å². The molecule has 0 bridgehead atoms. The van der Waals surface area contributed by atoms with E-state index in [2.05, 4.69) is 10.2 Å². The molecule has 0 aliphatic carbocycles. The van der Waals surface area contributed by atoms with Crippen molar-refractivity contribution in [1.29, 1.82) is 0 Å². The van der Waals surface area contributed by atoms with Gasteiger partial charge in [-0.15, -0.1) is 0 Å². The monoisotopic (exact) mass is 377 g/mol. The van der Waals surface area contributed by atoms with Gasteiger partial charge in [-0.25, -0.2) is 0 Å².